The summed E-state index contributed by atoms with van der Waals surface area (Å²) in [5, 5.41) is 8.66. The molecule has 0 radical (unpaired) electrons. The Morgan fingerprint density at radius 3 is 2.65 bits per heavy atom. The molecule has 2 heterocycles. The van der Waals surface area contributed by atoms with Gasteiger partial charge in [0, 0.05) is 42.2 Å². The lowest BCUT2D eigenvalue weighted by Gasteiger charge is -2.10. The molecule has 2 aromatic heterocycles. The van der Waals surface area contributed by atoms with Crippen LogP contribution in [0.4, 0.5) is 8.78 Å². The van der Waals surface area contributed by atoms with Crippen LogP contribution < -0.4 is 0 Å². The SMILES string of the molecule is CC(F)(F)c1cncc(-c2c[nH]c(C#N)c2)c1. The second-order valence-electron chi connectivity index (χ2n) is 3.76. The van der Waals surface area contributed by atoms with Crippen molar-refractivity contribution in [1.29, 1.82) is 5.26 Å². The lowest BCUT2D eigenvalue weighted by Crippen LogP contribution is -2.07. The van der Waals surface area contributed by atoms with Gasteiger partial charge in [-0.1, -0.05) is 0 Å². The molecular formula is C12H9F2N3. The zero-order chi connectivity index (χ0) is 12.5. The summed E-state index contributed by atoms with van der Waals surface area (Å²) in [6.45, 7) is 0.825. The Balaban J connectivity index is 2.44. The van der Waals surface area contributed by atoms with E-state index in [2.05, 4.69) is 9.97 Å². The highest BCUT2D eigenvalue weighted by Gasteiger charge is 2.24. The number of aromatic amines is 1. The number of halogens is 2. The molecule has 2 aromatic rings. The number of hydrogen-bond donors (Lipinski definition) is 1. The number of nitriles is 1. The summed E-state index contributed by atoms with van der Waals surface area (Å²) in [6.07, 6.45) is 4.22. The second-order valence-corrected chi connectivity index (χ2v) is 3.76. The fourth-order valence-electron chi connectivity index (χ4n) is 1.46. The van der Waals surface area contributed by atoms with Gasteiger partial charge in [0.25, 0.3) is 5.92 Å². The van der Waals surface area contributed by atoms with Gasteiger partial charge in [0.2, 0.25) is 0 Å². The van der Waals surface area contributed by atoms with Gasteiger partial charge >= 0.3 is 0 Å². The molecule has 86 valence electrons. The van der Waals surface area contributed by atoms with Crippen LogP contribution in [0.15, 0.2) is 30.7 Å². The molecule has 2 rings (SSSR count). The molecule has 0 saturated heterocycles. The van der Waals surface area contributed by atoms with Crippen LogP contribution in [0.1, 0.15) is 18.2 Å². The zero-order valence-corrected chi connectivity index (χ0v) is 9.04. The molecular weight excluding hydrogens is 224 g/mol. The van der Waals surface area contributed by atoms with Crippen LogP contribution in [0, 0.1) is 11.3 Å². The van der Waals surface area contributed by atoms with E-state index in [9.17, 15) is 8.78 Å². The molecule has 0 unspecified atom stereocenters. The summed E-state index contributed by atoms with van der Waals surface area (Å²) in [7, 11) is 0. The van der Waals surface area contributed by atoms with E-state index in [4.69, 9.17) is 5.26 Å². The monoisotopic (exact) mass is 233 g/mol. The molecule has 17 heavy (non-hydrogen) atoms. The first-order valence-corrected chi connectivity index (χ1v) is 4.93. The number of nitrogens with zero attached hydrogens (tertiary/aromatic N) is 2. The van der Waals surface area contributed by atoms with Gasteiger partial charge in [0.05, 0.1) is 0 Å². The quantitative estimate of drug-likeness (QED) is 0.866. The van der Waals surface area contributed by atoms with Gasteiger partial charge in [0.1, 0.15) is 11.8 Å². The molecule has 0 aliphatic carbocycles. The Morgan fingerprint density at radius 2 is 2.06 bits per heavy atom. The zero-order valence-electron chi connectivity index (χ0n) is 9.04. The molecule has 0 aliphatic heterocycles. The molecule has 0 saturated carbocycles. The number of pyridine rings is 1. The summed E-state index contributed by atoms with van der Waals surface area (Å²) in [5.74, 6) is -2.92. The Morgan fingerprint density at radius 1 is 1.29 bits per heavy atom. The highest BCUT2D eigenvalue weighted by molar-refractivity contribution is 5.64. The summed E-state index contributed by atoms with van der Waals surface area (Å²) in [4.78, 5) is 6.52. The van der Waals surface area contributed by atoms with Crippen LogP contribution in [0.2, 0.25) is 0 Å². The molecule has 0 spiro atoms. The smallest absolute Gasteiger partial charge is 0.272 e. The van der Waals surface area contributed by atoms with E-state index in [-0.39, 0.29) is 5.56 Å². The number of H-pyrrole nitrogens is 1. The van der Waals surface area contributed by atoms with Crippen LogP contribution in [0.25, 0.3) is 11.1 Å². The summed E-state index contributed by atoms with van der Waals surface area (Å²) in [5.41, 5.74) is 1.46. The van der Waals surface area contributed by atoms with Crippen molar-refractivity contribution < 1.29 is 8.78 Å². The Hall–Kier alpha value is -2.22. The van der Waals surface area contributed by atoms with E-state index < -0.39 is 5.92 Å². The minimum atomic E-state index is -2.92. The predicted molar refractivity (Wildman–Crippen MR) is 58.3 cm³/mol. The molecule has 5 heteroatoms. The molecule has 3 nitrogen and oxygen atoms in total. The number of hydrogen-bond acceptors (Lipinski definition) is 2. The van der Waals surface area contributed by atoms with Crippen molar-refractivity contribution in [3.63, 3.8) is 0 Å². The van der Waals surface area contributed by atoms with Crippen molar-refractivity contribution in [3.8, 4) is 17.2 Å². The lowest BCUT2D eigenvalue weighted by molar-refractivity contribution is 0.0171. The van der Waals surface area contributed by atoms with Gasteiger partial charge in [-0.3, -0.25) is 4.98 Å². The van der Waals surface area contributed by atoms with Crippen molar-refractivity contribution in [2.75, 3.05) is 0 Å². The molecule has 1 N–H and O–H groups in total. The normalized spacial score (nSPS) is 11.2. The van der Waals surface area contributed by atoms with Crippen molar-refractivity contribution >= 4 is 0 Å². The first-order chi connectivity index (χ1) is 8.00. The maximum atomic E-state index is 13.1. The number of rotatable bonds is 2. The van der Waals surface area contributed by atoms with E-state index in [1.54, 1.807) is 12.3 Å². The van der Waals surface area contributed by atoms with Gasteiger partial charge in [-0.2, -0.15) is 5.26 Å². The van der Waals surface area contributed by atoms with E-state index in [1.807, 2.05) is 6.07 Å². The summed E-state index contributed by atoms with van der Waals surface area (Å²) >= 11 is 0. The van der Waals surface area contributed by atoms with Crippen molar-refractivity contribution in [3.05, 3.63) is 42.0 Å². The minimum absolute atomic E-state index is 0.144. The predicted octanol–water partition coefficient (Wildman–Crippen LogP) is 3.06. The van der Waals surface area contributed by atoms with Crippen LogP contribution >= 0.6 is 0 Å². The van der Waals surface area contributed by atoms with Crippen molar-refractivity contribution in [2.45, 2.75) is 12.8 Å². The molecule has 0 bridgehead atoms. The number of aromatic nitrogens is 2. The van der Waals surface area contributed by atoms with Gasteiger partial charge in [-0.05, 0) is 12.1 Å². The van der Waals surface area contributed by atoms with Gasteiger partial charge in [-0.15, -0.1) is 0 Å². The average Bonchev–Trinajstić information content (AvgIpc) is 2.76. The topological polar surface area (TPSA) is 52.5 Å². The Labute approximate surface area is 96.7 Å². The van der Waals surface area contributed by atoms with Crippen molar-refractivity contribution in [1.82, 2.24) is 9.97 Å². The second kappa shape index (κ2) is 3.98. The highest BCUT2D eigenvalue weighted by Crippen LogP contribution is 2.29. The van der Waals surface area contributed by atoms with Crippen LogP contribution in [-0.2, 0) is 5.92 Å². The van der Waals surface area contributed by atoms with Crippen LogP contribution in [0.3, 0.4) is 0 Å². The summed E-state index contributed by atoms with van der Waals surface area (Å²) < 4.78 is 26.2. The third-order valence-corrected chi connectivity index (χ3v) is 2.38. The van der Waals surface area contributed by atoms with E-state index in [0.717, 1.165) is 13.1 Å². The first-order valence-electron chi connectivity index (χ1n) is 4.93. The highest BCUT2D eigenvalue weighted by atomic mass is 19.3. The fraction of sp³-hybridized carbons (Fsp3) is 0.167. The third kappa shape index (κ3) is 2.31. The number of alkyl halides is 2. The van der Waals surface area contributed by atoms with Crippen LogP contribution in [0.5, 0.6) is 0 Å². The number of nitrogens with one attached hydrogen (secondary N) is 1. The minimum Gasteiger partial charge on any atom is -0.352 e. The van der Waals surface area contributed by atoms with Gasteiger partial charge in [-0.25, -0.2) is 8.78 Å². The molecule has 0 amide bonds. The van der Waals surface area contributed by atoms with E-state index >= 15 is 0 Å². The Bertz CT molecular complexity index is 576. The fourth-order valence-corrected chi connectivity index (χ4v) is 1.46. The maximum Gasteiger partial charge on any atom is 0.272 e. The average molecular weight is 233 g/mol. The van der Waals surface area contributed by atoms with E-state index in [0.29, 0.717) is 16.8 Å². The lowest BCUT2D eigenvalue weighted by atomic mass is 10.1. The Kier molecular flexibility index (Phi) is 2.64. The van der Waals surface area contributed by atoms with Gasteiger partial charge in [0.15, 0.2) is 0 Å². The summed E-state index contributed by atoms with van der Waals surface area (Å²) in [6, 6.07) is 4.90. The first kappa shape index (κ1) is 11.3. The third-order valence-electron chi connectivity index (χ3n) is 2.38. The molecule has 0 fully saturated rings. The largest absolute Gasteiger partial charge is 0.352 e. The van der Waals surface area contributed by atoms with Crippen LogP contribution in [-0.4, -0.2) is 9.97 Å². The molecule has 0 aromatic carbocycles. The maximum absolute atomic E-state index is 13.1. The standard InChI is InChI=1S/C12H9F2N3/c1-12(13,14)10-2-8(5-16-7-10)9-3-11(4-15)17-6-9/h2-3,5-7,17H,1H3. The van der Waals surface area contributed by atoms with Crippen molar-refractivity contribution in [2.24, 2.45) is 0 Å². The molecule has 0 atom stereocenters. The molecule has 0 aliphatic rings. The van der Waals surface area contributed by atoms with E-state index in [1.165, 1.54) is 12.3 Å². The van der Waals surface area contributed by atoms with Gasteiger partial charge < -0.3 is 4.98 Å².